The van der Waals surface area contributed by atoms with Gasteiger partial charge in [0, 0.05) is 6.61 Å². The summed E-state index contributed by atoms with van der Waals surface area (Å²) in [7, 11) is 0. The zero-order valence-electron chi connectivity index (χ0n) is 12.9. The van der Waals surface area contributed by atoms with Gasteiger partial charge in [-0.2, -0.15) is 0 Å². The number of aliphatic hydroxyl groups is 1. The van der Waals surface area contributed by atoms with Gasteiger partial charge in [-0.3, -0.25) is 0 Å². The van der Waals surface area contributed by atoms with Crippen molar-refractivity contribution in [1.29, 1.82) is 0 Å². The molecule has 0 unspecified atom stereocenters. The normalized spacial score (nSPS) is 11.9. The van der Waals surface area contributed by atoms with Gasteiger partial charge in [0.15, 0.2) is 0 Å². The Morgan fingerprint density at radius 1 is 0.632 bits per heavy atom. The third kappa shape index (κ3) is 17.4. The van der Waals surface area contributed by atoms with Gasteiger partial charge in [0.2, 0.25) is 0 Å². The number of hydrogen-bond donors (Lipinski definition) is 1. The van der Waals surface area contributed by atoms with E-state index in [-0.39, 0.29) is 0 Å². The van der Waals surface area contributed by atoms with Gasteiger partial charge in [0.25, 0.3) is 0 Å². The van der Waals surface area contributed by atoms with Crippen molar-refractivity contribution >= 4 is 0 Å². The summed E-state index contributed by atoms with van der Waals surface area (Å²) in [5, 5.41) is 8.66. The van der Waals surface area contributed by atoms with Crippen LogP contribution < -0.4 is 0 Å². The van der Waals surface area contributed by atoms with Crippen LogP contribution in [0.3, 0.4) is 0 Å². The highest BCUT2D eigenvalue weighted by atomic mass is 16.2. The molecule has 0 atom stereocenters. The summed E-state index contributed by atoms with van der Waals surface area (Å²) in [6, 6.07) is 0. The monoisotopic (exact) mass is 266 g/mol. The summed E-state index contributed by atoms with van der Waals surface area (Å²) in [4.78, 5) is 0. The predicted molar refractivity (Wildman–Crippen MR) is 86.4 cm³/mol. The summed E-state index contributed by atoms with van der Waals surface area (Å²) in [6.45, 7) is 2.60. The Balaban J connectivity index is 3.10. The predicted octanol–water partition coefficient (Wildman–Crippen LogP) is 5.79. The molecule has 0 spiro atoms. The quantitative estimate of drug-likeness (QED) is 0.311. The average molecular weight is 266 g/mol. The molecule has 0 aliphatic rings. The standard InChI is InChI=1S/C18H34O/c1-2-3-4-5-6-7-8-9-10-11-12-13-14-15-16-17-18-19/h5-6,8-9,19H,2-4,7,10-18H2,1H3/b6-5-,9-8?. The minimum absolute atomic E-state index is 0.359. The molecule has 0 aromatic heterocycles. The van der Waals surface area contributed by atoms with Crippen LogP contribution in [0.5, 0.6) is 0 Å². The van der Waals surface area contributed by atoms with Crippen LogP contribution in [-0.2, 0) is 0 Å². The van der Waals surface area contributed by atoms with Crippen LogP contribution in [0.2, 0.25) is 0 Å². The van der Waals surface area contributed by atoms with Crippen LogP contribution in [-0.4, -0.2) is 11.7 Å². The molecule has 0 heterocycles. The molecule has 0 amide bonds. The van der Waals surface area contributed by atoms with E-state index in [1.54, 1.807) is 0 Å². The van der Waals surface area contributed by atoms with E-state index in [0.717, 1.165) is 12.8 Å². The Hall–Kier alpha value is -0.560. The minimum atomic E-state index is 0.359. The molecule has 19 heavy (non-hydrogen) atoms. The van der Waals surface area contributed by atoms with Crippen LogP contribution in [0.4, 0.5) is 0 Å². The number of allylic oxidation sites excluding steroid dienone is 4. The Kier molecular flexibility index (Phi) is 16.9. The third-order valence-corrected chi connectivity index (χ3v) is 3.36. The van der Waals surface area contributed by atoms with Gasteiger partial charge < -0.3 is 5.11 Å². The molecule has 0 aliphatic carbocycles. The SMILES string of the molecule is CCCC/C=C\CC=CCCCCCCCCCO. The van der Waals surface area contributed by atoms with Crippen molar-refractivity contribution < 1.29 is 5.11 Å². The number of rotatable bonds is 14. The molecule has 1 N–H and O–H groups in total. The maximum atomic E-state index is 8.66. The second-order valence-electron chi connectivity index (χ2n) is 5.31. The van der Waals surface area contributed by atoms with E-state index >= 15 is 0 Å². The van der Waals surface area contributed by atoms with Gasteiger partial charge in [-0.15, -0.1) is 0 Å². The fourth-order valence-electron chi connectivity index (χ4n) is 2.09. The first-order valence-corrected chi connectivity index (χ1v) is 8.32. The lowest BCUT2D eigenvalue weighted by molar-refractivity contribution is 0.282. The zero-order chi connectivity index (χ0) is 14.0. The summed E-state index contributed by atoms with van der Waals surface area (Å²) in [5.41, 5.74) is 0. The summed E-state index contributed by atoms with van der Waals surface area (Å²) in [5.74, 6) is 0. The lowest BCUT2D eigenvalue weighted by atomic mass is 10.1. The highest BCUT2D eigenvalue weighted by Gasteiger charge is 1.90. The van der Waals surface area contributed by atoms with Crippen LogP contribution in [0, 0.1) is 0 Å². The molecule has 1 nitrogen and oxygen atoms in total. The Morgan fingerprint density at radius 3 is 1.74 bits per heavy atom. The average Bonchev–Trinajstić information content (AvgIpc) is 2.43. The van der Waals surface area contributed by atoms with Crippen molar-refractivity contribution in [2.75, 3.05) is 6.61 Å². The number of unbranched alkanes of at least 4 members (excludes halogenated alkanes) is 9. The van der Waals surface area contributed by atoms with E-state index < -0.39 is 0 Å². The van der Waals surface area contributed by atoms with Gasteiger partial charge in [-0.1, -0.05) is 76.2 Å². The van der Waals surface area contributed by atoms with Crippen molar-refractivity contribution in [3.63, 3.8) is 0 Å². The Bertz CT molecular complexity index is 206. The number of hydrogen-bond acceptors (Lipinski definition) is 1. The Labute approximate surface area is 120 Å². The molecule has 0 saturated carbocycles. The van der Waals surface area contributed by atoms with E-state index in [9.17, 15) is 0 Å². The molecular formula is C18H34O. The molecule has 0 aliphatic heterocycles. The summed E-state index contributed by atoms with van der Waals surface area (Å²) >= 11 is 0. The fourth-order valence-corrected chi connectivity index (χ4v) is 2.09. The van der Waals surface area contributed by atoms with Gasteiger partial charge in [0.05, 0.1) is 0 Å². The molecule has 0 fully saturated rings. The molecule has 0 aromatic carbocycles. The van der Waals surface area contributed by atoms with Crippen molar-refractivity contribution in [3.8, 4) is 0 Å². The highest BCUT2D eigenvalue weighted by molar-refractivity contribution is 4.92. The van der Waals surface area contributed by atoms with Crippen molar-refractivity contribution in [3.05, 3.63) is 24.3 Å². The summed E-state index contributed by atoms with van der Waals surface area (Å²) in [6.07, 6.45) is 24.2. The highest BCUT2D eigenvalue weighted by Crippen LogP contribution is 2.08. The lowest BCUT2D eigenvalue weighted by Gasteiger charge is -1.99. The molecular weight excluding hydrogens is 232 g/mol. The molecule has 0 aromatic rings. The van der Waals surface area contributed by atoms with Crippen molar-refractivity contribution in [1.82, 2.24) is 0 Å². The van der Waals surface area contributed by atoms with Crippen LogP contribution in [0.1, 0.15) is 84.0 Å². The van der Waals surface area contributed by atoms with E-state index in [4.69, 9.17) is 5.11 Å². The second kappa shape index (κ2) is 17.4. The Morgan fingerprint density at radius 2 is 1.16 bits per heavy atom. The van der Waals surface area contributed by atoms with Crippen molar-refractivity contribution in [2.24, 2.45) is 0 Å². The molecule has 0 saturated heterocycles. The van der Waals surface area contributed by atoms with Crippen LogP contribution in [0.25, 0.3) is 0 Å². The smallest absolute Gasteiger partial charge is 0.0431 e. The molecule has 112 valence electrons. The van der Waals surface area contributed by atoms with Crippen LogP contribution >= 0.6 is 0 Å². The maximum Gasteiger partial charge on any atom is 0.0431 e. The molecule has 0 radical (unpaired) electrons. The number of aliphatic hydroxyl groups excluding tert-OH is 1. The van der Waals surface area contributed by atoms with E-state index in [1.165, 1.54) is 64.2 Å². The van der Waals surface area contributed by atoms with E-state index in [1.807, 2.05) is 0 Å². The zero-order valence-corrected chi connectivity index (χ0v) is 12.9. The minimum Gasteiger partial charge on any atom is -0.396 e. The first kappa shape index (κ1) is 18.4. The van der Waals surface area contributed by atoms with Gasteiger partial charge in [-0.05, 0) is 32.1 Å². The maximum absolute atomic E-state index is 8.66. The third-order valence-electron chi connectivity index (χ3n) is 3.36. The van der Waals surface area contributed by atoms with Gasteiger partial charge >= 0.3 is 0 Å². The van der Waals surface area contributed by atoms with E-state index in [2.05, 4.69) is 31.2 Å². The summed E-state index contributed by atoms with van der Waals surface area (Å²) < 4.78 is 0. The molecule has 1 heteroatoms. The first-order chi connectivity index (χ1) is 9.41. The van der Waals surface area contributed by atoms with Crippen molar-refractivity contribution in [2.45, 2.75) is 84.0 Å². The first-order valence-electron chi connectivity index (χ1n) is 8.32. The van der Waals surface area contributed by atoms with Gasteiger partial charge in [-0.25, -0.2) is 0 Å². The molecule has 0 bridgehead atoms. The van der Waals surface area contributed by atoms with Gasteiger partial charge in [0.1, 0.15) is 0 Å². The van der Waals surface area contributed by atoms with E-state index in [0.29, 0.717) is 6.61 Å². The fraction of sp³-hybridized carbons (Fsp3) is 0.778. The largest absolute Gasteiger partial charge is 0.396 e. The molecule has 0 rings (SSSR count). The topological polar surface area (TPSA) is 20.2 Å². The van der Waals surface area contributed by atoms with Crippen LogP contribution in [0.15, 0.2) is 24.3 Å². The second-order valence-corrected chi connectivity index (χ2v) is 5.31. The lowest BCUT2D eigenvalue weighted by Crippen LogP contribution is -1.83.